The van der Waals surface area contributed by atoms with Crippen LogP contribution < -0.4 is 16.3 Å². The summed E-state index contributed by atoms with van der Waals surface area (Å²) in [6.07, 6.45) is 3.09. The molecule has 0 bridgehead atoms. The van der Waals surface area contributed by atoms with Crippen molar-refractivity contribution < 1.29 is 0 Å². The van der Waals surface area contributed by atoms with Crippen LogP contribution in [0.1, 0.15) is 36.4 Å². The van der Waals surface area contributed by atoms with Gasteiger partial charge in [-0.25, -0.2) is 4.79 Å². The summed E-state index contributed by atoms with van der Waals surface area (Å²) >= 11 is 0. The zero-order valence-corrected chi connectivity index (χ0v) is 21.6. The lowest BCUT2D eigenvalue weighted by atomic mass is 10.0. The topological polar surface area (TPSA) is 54.2 Å². The molecule has 0 aliphatic carbocycles. The molecule has 4 aromatic rings. The van der Waals surface area contributed by atoms with Crippen LogP contribution in [-0.2, 0) is 7.05 Å². The minimum atomic E-state index is 0.104. The number of rotatable bonds is 8. The molecule has 1 fully saturated rings. The number of aromatic nitrogens is 2. The third-order valence-corrected chi connectivity index (χ3v) is 7.59. The molecule has 2 heterocycles. The number of piperidine rings is 1. The number of likely N-dealkylation sites (tertiary alicyclic amines) is 1. The highest BCUT2D eigenvalue weighted by Gasteiger charge is 2.25. The molecule has 6 heteroatoms. The van der Waals surface area contributed by atoms with Gasteiger partial charge in [0.2, 0.25) is 0 Å². The fourth-order valence-corrected chi connectivity index (χ4v) is 5.33. The Balaban J connectivity index is 1.24. The molecule has 0 unspecified atom stereocenters. The second-order valence-electron chi connectivity index (χ2n) is 10.1. The molecule has 6 nitrogen and oxygen atoms in total. The fraction of sp³-hybridized carbons (Fsp3) is 0.367. The molecule has 188 valence electrons. The number of hydrogen-bond donors (Lipinski definition) is 2. The minimum absolute atomic E-state index is 0.104. The number of anilines is 2. The molecule has 0 amide bonds. The molecule has 1 aromatic heterocycles. The van der Waals surface area contributed by atoms with Gasteiger partial charge in [0.25, 0.3) is 0 Å². The van der Waals surface area contributed by atoms with E-state index in [4.69, 9.17) is 0 Å². The highest BCUT2D eigenvalue weighted by Crippen LogP contribution is 2.27. The number of aryl methyl sites for hydroxylation is 3. The summed E-state index contributed by atoms with van der Waals surface area (Å²) in [5.74, 6) is 0. The Bertz CT molecular complexity index is 1310. The maximum Gasteiger partial charge on any atom is 0.329 e. The monoisotopic (exact) mass is 483 g/mol. The predicted octanol–water partition coefficient (Wildman–Crippen LogP) is 5.53. The normalized spacial score (nSPS) is 15.0. The first-order valence-corrected chi connectivity index (χ1v) is 13.0. The van der Waals surface area contributed by atoms with Crippen LogP contribution in [0, 0.1) is 13.8 Å². The Morgan fingerprint density at radius 1 is 0.833 bits per heavy atom. The third kappa shape index (κ3) is 5.19. The summed E-state index contributed by atoms with van der Waals surface area (Å²) in [6, 6.07) is 25.3. The minimum Gasteiger partial charge on any atom is -0.365 e. The Labute approximate surface area is 213 Å². The maximum absolute atomic E-state index is 13.1. The van der Waals surface area contributed by atoms with Gasteiger partial charge in [0, 0.05) is 44.1 Å². The molecular formula is C30H37N5O. The Morgan fingerprint density at radius 2 is 1.36 bits per heavy atom. The van der Waals surface area contributed by atoms with Crippen molar-refractivity contribution in [2.24, 2.45) is 7.05 Å². The number of imidazole rings is 1. The molecule has 0 spiro atoms. The summed E-state index contributed by atoms with van der Waals surface area (Å²) in [4.78, 5) is 15.7. The van der Waals surface area contributed by atoms with E-state index in [9.17, 15) is 4.79 Å². The Kier molecular flexibility index (Phi) is 7.14. The fourth-order valence-electron chi connectivity index (χ4n) is 5.33. The largest absolute Gasteiger partial charge is 0.365 e. The van der Waals surface area contributed by atoms with Gasteiger partial charge in [-0.2, -0.15) is 0 Å². The lowest BCUT2D eigenvalue weighted by Crippen LogP contribution is -2.40. The van der Waals surface area contributed by atoms with E-state index in [2.05, 4.69) is 94.6 Å². The summed E-state index contributed by atoms with van der Waals surface area (Å²) in [5, 5.41) is 7.31. The van der Waals surface area contributed by atoms with Crippen molar-refractivity contribution in [2.75, 3.05) is 30.3 Å². The first kappa shape index (κ1) is 24.2. The molecule has 0 atom stereocenters. The van der Waals surface area contributed by atoms with Crippen molar-refractivity contribution in [3.8, 4) is 0 Å². The van der Waals surface area contributed by atoms with Gasteiger partial charge in [-0.3, -0.25) is 9.13 Å². The van der Waals surface area contributed by atoms with Gasteiger partial charge in [0.1, 0.15) is 0 Å². The highest BCUT2D eigenvalue weighted by molar-refractivity contribution is 5.78. The molecule has 2 N–H and O–H groups in total. The standard InChI is InChI=1S/C30H37N5O/c1-22-20-27-28(21-23(22)2)35(30(36)33(27)3)26-14-17-34(18-15-26)19-16-29(31-24-10-6-4-7-11-24)32-25-12-8-5-9-13-25/h4-13,20-21,26,29,31-32H,14-19H2,1-3H3. The zero-order chi connectivity index (χ0) is 25.1. The second-order valence-corrected chi connectivity index (χ2v) is 10.1. The molecule has 1 saturated heterocycles. The van der Waals surface area contributed by atoms with Gasteiger partial charge >= 0.3 is 5.69 Å². The van der Waals surface area contributed by atoms with Crippen LogP contribution in [0.4, 0.5) is 11.4 Å². The van der Waals surface area contributed by atoms with E-state index in [1.807, 2.05) is 23.7 Å². The van der Waals surface area contributed by atoms with Gasteiger partial charge < -0.3 is 15.5 Å². The lowest BCUT2D eigenvalue weighted by Gasteiger charge is -2.34. The van der Waals surface area contributed by atoms with Crippen molar-refractivity contribution >= 4 is 22.4 Å². The summed E-state index contributed by atoms with van der Waals surface area (Å²) < 4.78 is 3.86. The van der Waals surface area contributed by atoms with Crippen molar-refractivity contribution in [3.05, 3.63) is 94.4 Å². The zero-order valence-electron chi connectivity index (χ0n) is 21.6. The first-order valence-electron chi connectivity index (χ1n) is 13.0. The molecule has 5 rings (SSSR count). The van der Waals surface area contributed by atoms with Gasteiger partial charge in [-0.15, -0.1) is 0 Å². The average Bonchev–Trinajstić information content (AvgIpc) is 3.13. The van der Waals surface area contributed by atoms with Crippen molar-refractivity contribution in [3.63, 3.8) is 0 Å². The van der Waals surface area contributed by atoms with Gasteiger partial charge in [-0.1, -0.05) is 36.4 Å². The molecular weight excluding hydrogens is 446 g/mol. The number of nitrogens with zero attached hydrogens (tertiary/aromatic N) is 3. The molecule has 3 aromatic carbocycles. The van der Waals surface area contributed by atoms with E-state index >= 15 is 0 Å². The van der Waals surface area contributed by atoms with Crippen LogP contribution in [0.2, 0.25) is 0 Å². The summed E-state index contributed by atoms with van der Waals surface area (Å²) in [5.41, 5.74) is 6.91. The van der Waals surface area contributed by atoms with E-state index in [0.29, 0.717) is 0 Å². The summed E-state index contributed by atoms with van der Waals surface area (Å²) in [6.45, 7) is 7.24. The SMILES string of the molecule is Cc1cc2c(cc1C)n(C1CCN(CCC(Nc3ccccc3)Nc3ccccc3)CC1)c(=O)n2C. The smallest absolute Gasteiger partial charge is 0.329 e. The van der Waals surface area contributed by atoms with Crippen molar-refractivity contribution in [1.29, 1.82) is 0 Å². The van der Waals surface area contributed by atoms with Crippen LogP contribution in [0.5, 0.6) is 0 Å². The summed E-state index contributed by atoms with van der Waals surface area (Å²) in [7, 11) is 1.89. The number of nitrogens with one attached hydrogen (secondary N) is 2. The van der Waals surface area contributed by atoms with E-state index in [-0.39, 0.29) is 17.9 Å². The molecule has 1 aliphatic rings. The molecule has 1 aliphatic heterocycles. The quantitative estimate of drug-likeness (QED) is 0.323. The van der Waals surface area contributed by atoms with E-state index in [1.165, 1.54) is 11.1 Å². The lowest BCUT2D eigenvalue weighted by molar-refractivity contribution is 0.183. The Morgan fingerprint density at radius 3 is 1.92 bits per heavy atom. The Hall–Kier alpha value is -3.51. The third-order valence-electron chi connectivity index (χ3n) is 7.59. The van der Waals surface area contributed by atoms with Crippen molar-refractivity contribution in [1.82, 2.24) is 14.0 Å². The molecule has 0 radical (unpaired) electrons. The number of fused-ring (bicyclic) bond motifs is 1. The maximum atomic E-state index is 13.1. The van der Waals surface area contributed by atoms with Crippen molar-refractivity contribution in [2.45, 2.75) is 45.3 Å². The molecule has 36 heavy (non-hydrogen) atoms. The van der Waals surface area contributed by atoms with Crippen LogP contribution >= 0.6 is 0 Å². The predicted molar refractivity (Wildman–Crippen MR) is 150 cm³/mol. The number of hydrogen-bond acceptors (Lipinski definition) is 4. The van der Waals surface area contributed by atoms with E-state index in [1.54, 1.807) is 0 Å². The van der Waals surface area contributed by atoms with Crippen LogP contribution in [0.3, 0.4) is 0 Å². The van der Waals surface area contributed by atoms with Gasteiger partial charge in [0.15, 0.2) is 0 Å². The van der Waals surface area contributed by atoms with E-state index in [0.717, 1.165) is 61.3 Å². The van der Waals surface area contributed by atoms with E-state index < -0.39 is 0 Å². The van der Waals surface area contributed by atoms with Crippen LogP contribution in [0.25, 0.3) is 11.0 Å². The van der Waals surface area contributed by atoms with Gasteiger partial charge in [0.05, 0.1) is 17.2 Å². The van der Waals surface area contributed by atoms with Crippen LogP contribution in [-0.4, -0.2) is 39.8 Å². The second kappa shape index (κ2) is 10.6. The first-order chi connectivity index (χ1) is 17.5. The van der Waals surface area contributed by atoms with Gasteiger partial charge in [-0.05, 0) is 80.6 Å². The molecule has 0 saturated carbocycles. The average molecular weight is 484 g/mol. The number of para-hydroxylation sites is 2. The highest BCUT2D eigenvalue weighted by atomic mass is 16.1. The van der Waals surface area contributed by atoms with Crippen LogP contribution in [0.15, 0.2) is 77.6 Å². The number of benzene rings is 3.